The number of rotatable bonds is 2. The fraction of sp³-hybridized carbons (Fsp3) is 0.667. The number of hydrogen-bond acceptors (Lipinski definition) is 2. The van der Waals surface area contributed by atoms with Gasteiger partial charge in [-0.25, -0.2) is 10.6 Å². The summed E-state index contributed by atoms with van der Waals surface area (Å²) in [5.41, 5.74) is 1.89. The molecule has 48 valence electrons. The average molecular weight is 138 g/mol. The van der Waals surface area contributed by atoms with Gasteiger partial charge >= 0.3 is 6.03 Å². The van der Waals surface area contributed by atoms with Crippen molar-refractivity contribution >= 4 is 17.6 Å². The quantitative estimate of drug-likeness (QED) is 0.206. The highest BCUT2D eigenvalue weighted by Gasteiger charge is 1.90. The van der Waals surface area contributed by atoms with Gasteiger partial charge in [-0.15, -0.1) is 11.6 Å². The molecule has 0 aliphatic rings. The number of nitrogens with two attached hydrogens (primary N) is 1. The Morgan fingerprint density at radius 3 is 2.75 bits per heavy atom. The minimum absolute atomic E-state index is 0.396. The van der Waals surface area contributed by atoms with E-state index in [1.54, 1.807) is 0 Å². The highest BCUT2D eigenvalue weighted by molar-refractivity contribution is 6.18. The van der Waals surface area contributed by atoms with Gasteiger partial charge in [0.05, 0.1) is 0 Å². The van der Waals surface area contributed by atoms with Crippen molar-refractivity contribution in [2.75, 3.05) is 12.4 Å². The van der Waals surface area contributed by atoms with Crippen LogP contribution in [0.3, 0.4) is 0 Å². The third kappa shape index (κ3) is 3.70. The zero-order chi connectivity index (χ0) is 6.41. The lowest BCUT2D eigenvalue weighted by Gasteiger charge is -1.98. The van der Waals surface area contributed by atoms with Gasteiger partial charge in [0.15, 0.2) is 0 Å². The van der Waals surface area contributed by atoms with E-state index in [0.717, 1.165) is 0 Å². The normalized spacial score (nSPS) is 8.25. The summed E-state index contributed by atoms with van der Waals surface area (Å²) < 4.78 is 0. The smallest absolute Gasteiger partial charge is 0.328 e. The van der Waals surface area contributed by atoms with E-state index in [1.165, 1.54) is 0 Å². The highest BCUT2D eigenvalue weighted by atomic mass is 35.5. The molecule has 0 bridgehead atoms. The van der Waals surface area contributed by atoms with Crippen LogP contribution < -0.4 is 16.6 Å². The van der Waals surface area contributed by atoms with Crippen LogP contribution in [0.5, 0.6) is 0 Å². The molecule has 4 nitrogen and oxygen atoms in total. The number of hydrazine groups is 1. The second-order valence-electron chi connectivity index (χ2n) is 1.09. The van der Waals surface area contributed by atoms with Crippen LogP contribution in [0.4, 0.5) is 4.79 Å². The van der Waals surface area contributed by atoms with Gasteiger partial charge in [-0.2, -0.15) is 0 Å². The Hall–Kier alpha value is -0.480. The Morgan fingerprint density at radius 1 is 1.75 bits per heavy atom. The number of carbonyl (C=O) groups excluding carboxylic acids is 1. The zero-order valence-corrected chi connectivity index (χ0v) is 5.03. The number of alkyl halides is 1. The van der Waals surface area contributed by atoms with Crippen molar-refractivity contribution < 1.29 is 4.79 Å². The molecular weight excluding hydrogens is 130 g/mol. The summed E-state index contributed by atoms with van der Waals surface area (Å²) in [6.45, 7) is 0.435. The predicted molar refractivity (Wildman–Crippen MR) is 31.4 cm³/mol. The Labute approximate surface area is 52.3 Å². The minimum atomic E-state index is -0.411. The molecule has 0 heterocycles. The lowest BCUT2D eigenvalue weighted by atomic mass is 10.7. The fourth-order valence-corrected chi connectivity index (χ4v) is 0.306. The van der Waals surface area contributed by atoms with Crippen LogP contribution in [0.25, 0.3) is 0 Å². The van der Waals surface area contributed by atoms with Gasteiger partial charge in [0.25, 0.3) is 0 Å². The Balaban J connectivity index is 2.99. The first-order chi connectivity index (χ1) is 3.81. The van der Waals surface area contributed by atoms with Gasteiger partial charge in [-0.1, -0.05) is 0 Å². The van der Waals surface area contributed by atoms with E-state index in [2.05, 4.69) is 5.32 Å². The monoisotopic (exact) mass is 137 g/mol. The molecule has 0 radical (unpaired) electrons. The lowest BCUT2D eigenvalue weighted by Crippen LogP contribution is -2.40. The van der Waals surface area contributed by atoms with Gasteiger partial charge in [0.2, 0.25) is 0 Å². The summed E-state index contributed by atoms with van der Waals surface area (Å²) in [6, 6.07) is -0.411. The number of nitrogens with one attached hydrogen (secondary N) is 2. The molecule has 0 aromatic rings. The number of hydrogen-bond donors (Lipinski definition) is 3. The zero-order valence-electron chi connectivity index (χ0n) is 4.28. The summed E-state index contributed by atoms with van der Waals surface area (Å²) in [6.07, 6.45) is 0. The molecule has 0 saturated carbocycles. The molecule has 0 atom stereocenters. The molecule has 0 unspecified atom stereocenters. The molecule has 0 aliphatic carbocycles. The maximum atomic E-state index is 10.2. The van der Waals surface area contributed by atoms with Crippen molar-refractivity contribution in [3.8, 4) is 0 Å². The molecule has 0 aliphatic heterocycles. The minimum Gasteiger partial charge on any atom is -0.336 e. The maximum absolute atomic E-state index is 10.2. The van der Waals surface area contributed by atoms with E-state index < -0.39 is 6.03 Å². The number of urea groups is 1. The first-order valence-corrected chi connectivity index (χ1v) is 2.65. The SMILES string of the molecule is NNC(=O)NCCCl. The first-order valence-electron chi connectivity index (χ1n) is 2.11. The Bertz CT molecular complexity index is 76.9. The molecule has 0 fully saturated rings. The predicted octanol–water partition coefficient (Wildman–Crippen LogP) is -0.602. The van der Waals surface area contributed by atoms with E-state index in [9.17, 15) is 4.79 Å². The van der Waals surface area contributed by atoms with E-state index in [1.807, 2.05) is 5.43 Å². The van der Waals surface area contributed by atoms with Crippen LogP contribution in [0.2, 0.25) is 0 Å². The van der Waals surface area contributed by atoms with Crippen molar-refractivity contribution in [1.29, 1.82) is 0 Å². The molecule has 4 N–H and O–H groups in total. The van der Waals surface area contributed by atoms with Gasteiger partial charge in [0, 0.05) is 12.4 Å². The topological polar surface area (TPSA) is 67.1 Å². The summed E-state index contributed by atoms with van der Waals surface area (Å²) in [5, 5.41) is 2.38. The molecular formula is C3H8ClN3O. The molecule has 0 saturated heterocycles. The maximum Gasteiger partial charge on any atom is 0.328 e. The number of carbonyl (C=O) groups is 1. The highest BCUT2D eigenvalue weighted by Crippen LogP contribution is 1.68. The second-order valence-corrected chi connectivity index (χ2v) is 1.47. The molecule has 0 aromatic heterocycles. The van der Waals surface area contributed by atoms with Crippen molar-refractivity contribution in [1.82, 2.24) is 10.7 Å². The Kier molecular flexibility index (Phi) is 4.39. The van der Waals surface area contributed by atoms with E-state index in [0.29, 0.717) is 12.4 Å². The Morgan fingerprint density at radius 2 is 2.38 bits per heavy atom. The van der Waals surface area contributed by atoms with E-state index in [-0.39, 0.29) is 0 Å². The van der Waals surface area contributed by atoms with Crippen molar-refractivity contribution in [3.05, 3.63) is 0 Å². The van der Waals surface area contributed by atoms with Crippen LogP contribution in [0.15, 0.2) is 0 Å². The third-order valence-electron chi connectivity index (χ3n) is 0.511. The fourth-order valence-electron chi connectivity index (χ4n) is 0.212. The lowest BCUT2D eigenvalue weighted by molar-refractivity contribution is 0.242. The van der Waals surface area contributed by atoms with Crippen molar-refractivity contribution in [3.63, 3.8) is 0 Å². The first kappa shape index (κ1) is 7.52. The van der Waals surface area contributed by atoms with Crippen LogP contribution in [0, 0.1) is 0 Å². The molecule has 5 heteroatoms. The van der Waals surface area contributed by atoms with Gasteiger partial charge in [-0.05, 0) is 0 Å². The second kappa shape index (κ2) is 4.67. The summed E-state index contributed by atoms with van der Waals surface area (Å²) in [4.78, 5) is 10.2. The van der Waals surface area contributed by atoms with Gasteiger partial charge in [0.1, 0.15) is 0 Å². The standard InChI is InChI=1S/C3H8ClN3O/c4-1-2-6-3(8)7-5/h1-2,5H2,(H2,6,7,8). The molecule has 0 spiro atoms. The number of amides is 2. The van der Waals surface area contributed by atoms with Gasteiger partial charge in [-0.3, -0.25) is 5.43 Å². The van der Waals surface area contributed by atoms with Crippen LogP contribution >= 0.6 is 11.6 Å². The molecule has 0 aromatic carbocycles. The number of halogens is 1. The van der Waals surface area contributed by atoms with Crippen LogP contribution in [-0.4, -0.2) is 18.5 Å². The summed E-state index contributed by atoms with van der Waals surface area (Å²) >= 11 is 5.22. The van der Waals surface area contributed by atoms with E-state index in [4.69, 9.17) is 17.4 Å². The third-order valence-corrected chi connectivity index (χ3v) is 0.700. The summed E-state index contributed by atoms with van der Waals surface area (Å²) in [5.74, 6) is 5.10. The molecule has 0 rings (SSSR count). The largest absolute Gasteiger partial charge is 0.336 e. The summed E-state index contributed by atoms with van der Waals surface area (Å²) in [7, 11) is 0. The average Bonchev–Trinajstić information content (AvgIpc) is 1.83. The van der Waals surface area contributed by atoms with E-state index >= 15 is 0 Å². The molecule has 2 amide bonds. The van der Waals surface area contributed by atoms with Crippen LogP contribution in [-0.2, 0) is 0 Å². The van der Waals surface area contributed by atoms with Crippen LogP contribution in [0.1, 0.15) is 0 Å². The van der Waals surface area contributed by atoms with Crippen molar-refractivity contribution in [2.45, 2.75) is 0 Å². The van der Waals surface area contributed by atoms with Gasteiger partial charge < -0.3 is 5.32 Å². The molecule has 8 heavy (non-hydrogen) atoms. The van der Waals surface area contributed by atoms with Crippen molar-refractivity contribution in [2.24, 2.45) is 5.84 Å².